The molecule has 1 rings (SSSR count). The van der Waals surface area contributed by atoms with Crippen molar-refractivity contribution in [2.75, 3.05) is 5.43 Å². The monoisotopic (exact) mass is 213 g/mol. The first-order chi connectivity index (χ1) is 6.61. The number of nitrogens with zero attached hydrogens (tertiary/aromatic N) is 2. The maximum atomic E-state index is 10.6. The van der Waals surface area contributed by atoms with E-state index in [4.69, 9.17) is 11.6 Å². The van der Waals surface area contributed by atoms with E-state index in [9.17, 15) is 10.1 Å². The quantitative estimate of drug-likeness (QED) is 0.477. The molecule has 5 nitrogen and oxygen atoms in total. The Kier molecular flexibility index (Phi) is 3.41. The number of halogens is 1. The van der Waals surface area contributed by atoms with Gasteiger partial charge in [-0.25, -0.2) is 0 Å². The minimum Gasteiger partial charge on any atom is -0.271 e. The number of benzene rings is 1. The normalized spacial score (nSPS) is 11.1. The lowest BCUT2D eigenvalue weighted by atomic mass is 10.3. The molecule has 0 aliphatic carbocycles. The van der Waals surface area contributed by atoms with Crippen LogP contribution in [0.5, 0.6) is 0 Å². The Morgan fingerprint density at radius 3 is 2.79 bits per heavy atom. The summed E-state index contributed by atoms with van der Waals surface area (Å²) in [7, 11) is 0. The van der Waals surface area contributed by atoms with Crippen LogP contribution in [0.1, 0.15) is 6.92 Å². The van der Waals surface area contributed by atoms with Crippen molar-refractivity contribution in [3.05, 3.63) is 34.4 Å². The summed E-state index contributed by atoms with van der Waals surface area (Å²) < 4.78 is 0. The van der Waals surface area contributed by atoms with Crippen molar-refractivity contribution in [2.45, 2.75) is 6.92 Å². The minimum absolute atomic E-state index is 0.0332. The molecule has 0 aliphatic rings. The Morgan fingerprint density at radius 2 is 2.21 bits per heavy atom. The zero-order valence-electron chi connectivity index (χ0n) is 7.40. The van der Waals surface area contributed by atoms with Crippen LogP contribution in [0.15, 0.2) is 29.4 Å². The van der Waals surface area contributed by atoms with Crippen LogP contribution < -0.4 is 5.43 Å². The van der Waals surface area contributed by atoms with E-state index in [2.05, 4.69) is 10.5 Å². The summed E-state index contributed by atoms with van der Waals surface area (Å²) in [4.78, 5) is 10.1. The van der Waals surface area contributed by atoms with Gasteiger partial charge in [0.2, 0.25) is 0 Å². The van der Waals surface area contributed by atoms with E-state index in [-0.39, 0.29) is 10.9 Å². The SMILES string of the molecule is C/C(Cl)=N/Nc1ccccc1[N+](=O)[O-]. The topological polar surface area (TPSA) is 67.5 Å². The number of nitrogens with one attached hydrogen (secondary N) is 1. The highest BCUT2D eigenvalue weighted by Gasteiger charge is 2.10. The third kappa shape index (κ3) is 2.70. The van der Waals surface area contributed by atoms with E-state index < -0.39 is 4.92 Å². The molecule has 0 amide bonds. The van der Waals surface area contributed by atoms with Gasteiger partial charge < -0.3 is 0 Å². The fourth-order valence-electron chi connectivity index (χ4n) is 0.865. The van der Waals surface area contributed by atoms with Crippen molar-refractivity contribution in [3.63, 3.8) is 0 Å². The van der Waals surface area contributed by atoms with Crippen molar-refractivity contribution < 1.29 is 4.92 Å². The minimum atomic E-state index is -0.485. The summed E-state index contributed by atoms with van der Waals surface area (Å²) in [6, 6.07) is 6.21. The smallest absolute Gasteiger partial charge is 0.271 e. The number of hydrogen-bond acceptors (Lipinski definition) is 4. The highest BCUT2D eigenvalue weighted by molar-refractivity contribution is 6.64. The lowest BCUT2D eigenvalue weighted by molar-refractivity contribution is -0.384. The number of hydrogen-bond donors (Lipinski definition) is 1. The van der Waals surface area contributed by atoms with Crippen molar-refractivity contribution in [1.29, 1.82) is 0 Å². The van der Waals surface area contributed by atoms with Crippen molar-refractivity contribution in [2.24, 2.45) is 5.10 Å². The Bertz CT molecular complexity index is 375. The maximum Gasteiger partial charge on any atom is 0.294 e. The fourth-order valence-corrected chi connectivity index (χ4v) is 0.907. The molecule has 0 saturated carbocycles. The highest BCUT2D eigenvalue weighted by atomic mass is 35.5. The molecule has 1 aromatic carbocycles. The summed E-state index contributed by atoms with van der Waals surface area (Å²) in [5.41, 5.74) is 2.79. The van der Waals surface area contributed by atoms with Crippen LogP contribution in [-0.2, 0) is 0 Å². The Morgan fingerprint density at radius 1 is 1.57 bits per heavy atom. The standard InChI is InChI=1S/C8H8ClN3O2/c1-6(9)10-11-7-4-2-3-5-8(7)12(13)14/h2-5,11H,1H3/b10-6-. The number of hydrazone groups is 1. The second-order valence-corrected chi connectivity index (χ2v) is 3.04. The first-order valence-corrected chi connectivity index (χ1v) is 4.18. The summed E-state index contributed by atoms with van der Waals surface area (Å²) in [5.74, 6) is 0. The molecule has 0 aliphatic heterocycles. The molecule has 0 bridgehead atoms. The van der Waals surface area contributed by atoms with Gasteiger partial charge in [0, 0.05) is 6.07 Å². The predicted octanol–water partition coefficient (Wildman–Crippen LogP) is 2.58. The third-order valence-electron chi connectivity index (χ3n) is 1.43. The summed E-state index contributed by atoms with van der Waals surface area (Å²) in [6.45, 7) is 1.57. The van der Waals surface area contributed by atoms with Gasteiger partial charge in [-0.15, -0.1) is 0 Å². The van der Waals surface area contributed by atoms with Gasteiger partial charge in [-0.2, -0.15) is 5.10 Å². The van der Waals surface area contributed by atoms with Gasteiger partial charge in [-0.05, 0) is 13.0 Å². The maximum absolute atomic E-state index is 10.6. The number of para-hydroxylation sites is 2. The zero-order valence-corrected chi connectivity index (χ0v) is 8.15. The van der Waals surface area contributed by atoms with Gasteiger partial charge in [0.05, 0.1) is 4.92 Å². The van der Waals surface area contributed by atoms with E-state index in [0.29, 0.717) is 5.69 Å². The van der Waals surface area contributed by atoms with Crippen LogP contribution in [0.3, 0.4) is 0 Å². The number of rotatable bonds is 3. The molecule has 14 heavy (non-hydrogen) atoms. The van der Waals surface area contributed by atoms with E-state index >= 15 is 0 Å². The second kappa shape index (κ2) is 4.57. The van der Waals surface area contributed by atoms with Gasteiger partial charge in [-0.3, -0.25) is 15.5 Å². The number of anilines is 1. The molecule has 0 heterocycles. The average molecular weight is 214 g/mol. The van der Waals surface area contributed by atoms with Crippen LogP contribution in [0.25, 0.3) is 0 Å². The molecule has 1 N–H and O–H groups in total. The van der Waals surface area contributed by atoms with E-state index in [1.54, 1.807) is 25.1 Å². The van der Waals surface area contributed by atoms with Gasteiger partial charge >= 0.3 is 0 Å². The average Bonchev–Trinajstić information content (AvgIpc) is 2.15. The fraction of sp³-hybridized carbons (Fsp3) is 0.125. The molecule has 0 unspecified atom stereocenters. The summed E-state index contributed by atoms with van der Waals surface area (Å²) in [5, 5.41) is 14.5. The van der Waals surface area contributed by atoms with E-state index in [1.807, 2.05) is 0 Å². The van der Waals surface area contributed by atoms with Crippen molar-refractivity contribution in [3.8, 4) is 0 Å². The predicted molar refractivity (Wildman–Crippen MR) is 55.7 cm³/mol. The number of nitro groups is 1. The molecule has 0 saturated heterocycles. The van der Waals surface area contributed by atoms with Crippen LogP contribution in [0, 0.1) is 10.1 Å². The van der Waals surface area contributed by atoms with Gasteiger partial charge in [0.15, 0.2) is 0 Å². The Labute approximate surface area is 85.5 Å². The van der Waals surface area contributed by atoms with Crippen LogP contribution in [-0.4, -0.2) is 10.1 Å². The molecular weight excluding hydrogens is 206 g/mol. The van der Waals surface area contributed by atoms with Crippen molar-refractivity contribution >= 4 is 28.1 Å². The summed E-state index contributed by atoms with van der Waals surface area (Å²) >= 11 is 5.48. The largest absolute Gasteiger partial charge is 0.294 e. The third-order valence-corrected chi connectivity index (χ3v) is 1.52. The molecule has 0 fully saturated rings. The lowest BCUT2D eigenvalue weighted by Gasteiger charge is -2.00. The first-order valence-electron chi connectivity index (χ1n) is 3.80. The Balaban J connectivity index is 2.96. The van der Waals surface area contributed by atoms with Crippen LogP contribution >= 0.6 is 11.6 Å². The molecule has 6 heteroatoms. The lowest BCUT2D eigenvalue weighted by Crippen LogP contribution is -1.96. The van der Waals surface area contributed by atoms with Gasteiger partial charge in [-0.1, -0.05) is 23.7 Å². The van der Waals surface area contributed by atoms with E-state index in [0.717, 1.165) is 0 Å². The first kappa shape index (κ1) is 10.5. The Hall–Kier alpha value is -1.62. The van der Waals surface area contributed by atoms with Crippen LogP contribution in [0.2, 0.25) is 0 Å². The molecular formula is C8H8ClN3O2. The molecule has 0 spiro atoms. The van der Waals surface area contributed by atoms with E-state index in [1.165, 1.54) is 6.07 Å². The zero-order chi connectivity index (χ0) is 10.6. The molecule has 0 radical (unpaired) electrons. The molecule has 74 valence electrons. The molecule has 1 aromatic rings. The highest BCUT2D eigenvalue weighted by Crippen LogP contribution is 2.22. The molecule has 0 aromatic heterocycles. The number of nitro benzene ring substituents is 1. The molecule has 0 atom stereocenters. The van der Waals surface area contributed by atoms with Gasteiger partial charge in [0.25, 0.3) is 5.69 Å². The summed E-state index contributed by atoms with van der Waals surface area (Å²) in [6.07, 6.45) is 0. The van der Waals surface area contributed by atoms with Gasteiger partial charge in [0.1, 0.15) is 10.9 Å². The van der Waals surface area contributed by atoms with Crippen molar-refractivity contribution in [1.82, 2.24) is 0 Å². The van der Waals surface area contributed by atoms with Crippen LogP contribution in [0.4, 0.5) is 11.4 Å². The second-order valence-electron chi connectivity index (χ2n) is 2.49.